The quantitative estimate of drug-likeness (QED) is 0.149. The number of urea groups is 1. The third-order valence-electron chi connectivity index (χ3n) is 8.08. The first kappa shape index (κ1) is 39.8. The second kappa shape index (κ2) is 19.3. The largest absolute Gasteiger partial charge is 0.346 e. The van der Waals surface area contributed by atoms with E-state index in [2.05, 4.69) is 41.7 Å². The van der Waals surface area contributed by atoms with Gasteiger partial charge in [0.2, 0.25) is 17.6 Å². The van der Waals surface area contributed by atoms with Crippen LogP contribution in [0, 0.1) is 17.3 Å². The molecule has 5 amide bonds. The molecule has 0 bridgehead atoms. The van der Waals surface area contributed by atoms with Crippen molar-refractivity contribution in [3.8, 4) is 0 Å². The molecular formula is C34H59N5O6. The van der Waals surface area contributed by atoms with E-state index in [0.717, 1.165) is 19.3 Å². The number of amides is 5. The minimum Gasteiger partial charge on any atom is -0.346 e. The average Bonchev–Trinajstić information content (AvgIpc) is 3.73. The maximum Gasteiger partial charge on any atom is 0.316 e. The van der Waals surface area contributed by atoms with Crippen LogP contribution in [0.1, 0.15) is 113 Å². The SMILES string of the molecule is C=CCNC(=O)C(=O)C(CCCC)NC(=O)C1CCCN1C(=O)C(NC(=O)NC(C(=O)C1CC1)C(C)C)C(C)(C)C.CCCC. The zero-order chi connectivity index (χ0) is 34.3. The van der Waals surface area contributed by atoms with Crippen LogP contribution in [0.2, 0.25) is 0 Å². The Kier molecular flexibility index (Phi) is 17.1. The molecule has 2 fully saturated rings. The van der Waals surface area contributed by atoms with Crippen LogP contribution in [0.3, 0.4) is 0 Å². The molecule has 1 aliphatic carbocycles. The highest BCUT2D eigenvalue weighted by Gasteiger charge is 2.43. The third kappa shape index (κ3) is 13.0. The fourth-order valence-electron chi connectivity index (χ4n) is 4.97. The van der Waals surface area contributed by atoms with Gasteiger partial charge in [-0.1, -0.05) is 87.1 Å². The summed E-state index contributed by atoms with van der Waals surface area (Å²) in [5.74, 6) is -2.58. The van der Waals surface area contributed by atoms with Crippen LogP contribution in [-0.4, -0.2) is 77.5 Å². The van der Waals surface area contributed by atoms with Crippen molar-refractivity contribution in [1.29, 1.82) is 0 Å². The smallest absolute Gasteiger partial charge is 0.316 e. The van der Waals surface area contributed by atoms with Crippen molar-refractivity contribution in [1.82, 2.24) is 26.2 Å². The molecule has 4 unspecified atom stereocenters. The minimum absolute atomic E-state index is 0.00964. The Hall–Kier alpha value is -3.24. The molecule has 4 atom stereocenters. The Balaban J connectivity index is 0.00000238. The lowest BCUT2D eigenvalue weighted by molar-refractivity contribution is -0.143. The molecule has 0 aromatic rings. The number of likely N-dealkylation sites (tertiary alicyclic amines) is 1. The first-order chi connectivity index (χ1) is 21.1. The molecule has 11 nitrogen and oxygen atoms in total. The van der Waals surface area contributed by atoms with E-state index in [9.17, 15) is 28.8 Å². The molecule has 4 N–H and O–H groups in total. The number of carbonyl (C=O) groups excluding carboxylic acids is 6. The molecule has 256 valence electrons. The molecule has 1 aliphatic heterocycles. The van der Waals surface area contributed by atoms with Gasteiger partial charge < -0.3 is 26.2 Å². The summed E-state index contributed by atoms with van der Waals surface area (Å²) in [6, 6.07) is -4.08. The van der Waals surface area contributed by atoms with Crippen molar-refractivity contribution < 1.29 is 28.8 Å². The third-order valence-corrected chi connectivity index (χ3v) is 8.08. The van der Waals surface area contributed by atoms with E-state index >= 15 is 0 Å². The molecule has 2 aliphatic rings. The van der Waals surface area contributed by atoms with Crippen LogP contribution in [0.25, 0.3) is 0 Å². The zero-order valence-corrected chi connectivity index (χ0v) is 28.9. The second-order valence-corrected chi connectivity index (χ2v) is 13.6. The van der Waals surface area contributed by atoms with Gasteiger partial charge >= 0.3 is 6.03 Å². The standard InChI is InChI=1S/C30H49N5O6.C4H10/c1-8-10-12-20(24(37)27(39)31-16-9-2)32-26(38)21-13-11-17-35(21)28(40)25(30(5,6)7)34-29(41)33-22(18(3)4)23(36)19-14-15-19;1-3-4-2/h9,18-22,25H,2,8,10-17H2,1,3-7H3,(H,31,39)(H,32,38)(H2,33,34,41);3-4H2,1-2H3. The minimum atomic E-state index is -1.01. The van der Waals surface area contributed by atoms with E-state index in [1.807, 2.05) is 41.5 Å². The van der Waals surface area contributed by atoms with Gasteiger partial charge in [-0.05, 0) is 43.4 Å². The Morgan fingerprint density at radius 3 is 2.02 bits per heavy atom. The van der Waals surface area contributed by atoms with E-state index in [1.54, 1.807) is 0 Å². The highest BCUT2D eigenvalue weighted by atomic mass is 16.2. The predicted molar refractivity (Wildman–Crippen MR) is 176 cm³/mol. The van der Waals surface area contributed by atoms with Crippen LogP contribution in [-0.2, 0) is 24.0 Å². The maximum atomic E-state index is 13.8. The summed E-state index contributed by atoms with van der Waals surface area (Å²) in [6.45, 7) is 19.5. The van der Waals surface area contributed by atoms with E-state index in [-0.39, 0.29) is 24.2 Å². The van der Waals surface area contributed by atoms with Gasteiger partial charge in [0.05, 0.1) is 12.1 Å². The van der Waals surface area contributed by atoms with Crippen LogP contribution in [0.15, 0.2) is 12.7 Å². The fourth-order valence-corrected chi connectivity index (χ4v) is 4.97. The van der Waals surface area contributed by atoms with Crippen molar-refractivity contribution in [2.45, 2.75) is 137 Å². The highest BCUT2D eigenvalue weighted by molar-refractivity contribution is 6.38. The second-order valence-electron chi connectivity index (χ2n) is 13.6. The Morgan fingerprint density at radius 1 is 0.911 bits per heavy atom. The van der Waals surface area contributed by atoms with Crippen molar-refractivity contribution in [3.05, 3.63) is 12.7 Å². The van der Waals surface area contributed by atoms with E-state index in [4.69, 9.17) is 0 Å². The predicted octanol–water partition coefficient (Wildman–Crippen LogP) is 4.05. The lowest BCUT2D eigenvalue weighted by atomic mass is 9.85. The Morgan fingerprint density at radius 2 is 1.53 bits per heavy atom. The van der Waals surface area contributed by atoms with Gasteiger partial charge in [-0.25, -0.2) is 4.79 Å². The molecular weight excluding hydrogens is 574 g/mol. The lowest BCUT2D eigenvalue weighted by Crippen LogP contribution is -2.61. The van der Waals surface area contributed by atoms with Crippen molar-refractivity contribution in [2.75, 3.05) is 13.1 Å². The number of nitrogens with zero attached hydrogens (tertiary/aromatic N) is 1. The summed E-state index contributed by atoms with van der Waals surface area (Å²) in [5.41, 5.74) is -0.700. The molecule has 0 radical (unpaired) electrons. The monoisotopic (exact) mass is 633 g/mol. The van der Waals surface area contributed by atoms with Gasteiger partial charge in [0.1, 0.15) is 12.1 Å². The highest BCUT2D eigenvalue weighted by Crippen LogP contribution is 2.32. The molecule has 2 rings (SSSR count). The first-order valence-electron chi connectivity index (χ1n) is 16.8. The summed E-state index contributed by atoms with van der Waals surface area (Å²) in [5, 5.41) is 10.7. The number of rotatable bonds is 16. The van der Waals surface area contributed by atoms with Gasteiger partial charge in [-0.2, -0.15) is 0 Å². The summed E-state index contributed by atoms with van der Waals surface area (Å²) in [6.07, 6.45) is 8.42. The summed E-state index contributed by atoms with van der Waals surface area (Å²) >= 11 is 0. The van der Waals surface area contributed by atoms with Gasteiger partial charge in [0.15, 0.2) is 5.78 Å². The number of hydrogen-bond acceptors (Lipinski definition) is 6. The molecule has 45 heavy (non-hydrogen) atoms. The Bertz CT molecular complexity index is 1030. The van der Waals surface area contributed by atoms with Gasteiger partial charge in [-0.3, -0.25) is 24.0 Å². The fraction of sp³-hybridized carbons (Fsp3) is 0.765. The number of ketones is 2. The summed E-state index contributed by atoms with van der Waals surface area (Å²) in [7, 11) is 0. The van der Waals surface area contributed by atoms with Crippen molar-refractivity contribution in [2.24, 2.45) is 17.3 Å². The van der Waals surface area contributed by atoms with Crippen LogP contribution in [0.4, 0.5) is 4.79 Å². The van der Waals surface area contributed by atoms with Crippen molar-refractivity contribution in [3.63, 3.8) is 0 Å². The number of Topliss-reactive ketones (excluding diaryl/α,β-unsaturated/α-hetero) is 2. The zero-order valence-electron chi connectivity index (χ0n) is 28.9. The number of nitrogens with one attached hydrogen (secondary N) is 4. The molecule has 11 heteroatoms. The maximum absolute atomic E-state index is 13.8. The van der Waals surface area contributed by atoms with Gasteiger partial charge in [0, 0.05) is 19.0 Å². The van der Waals surface area contributed by atoms with E-state index < -0.39 is 59.1 Å². The molecule has 0 spiro atoms. The number of carbonyl (C=O) groups is 6. The average molecular weight is 634 g/mol. The Labute approximate surface area is 270 Å². The van der Waals surface area contributed by atoms with E-state index in [0.29, 0.717) is 32.2 Å². The first-order valence-corrected chi connectivity index (χ1v) is 16.8. The topological polar surface area (TPSA) is 154 Å². The number of unbranched alkanes of at least 4 members (excludes halogenated alkanes) is 2. The normalized spacial score (nSPS) is 18.1. The molecule has 0 aromatic carbocycles. The van der Waals surface area contributed by atoms with Crippen LogP contribution in [0.5, 0.6) is 0 Å². The lowest BCUT2D eigenvalue weighted by Gasteiger charge is -2.36. The summed E-state index contributed by atoms with van der Waals surface area (Å²) < 4.78 is 0. The summed E-state index contributed by atoms with van der Waals surface area (Å²) in [4.78, 5) is 79.5. The van der Waals surface area contributed by atoms with Crippen LogP contribution >= 0.6 is 0 Å². The van der Waals surface area contributed by atoms with Crippen LogP contribution < -0.4 is 21.3 Å². The van der Waals surface area contributed by atoms with E-state index in [1.165, 1.54) is 23.8 Å². The molecule has 1 saturated heterocycles. The van der Waals surface area contributed by atoms with Gasteiger partial charge in [-0.15, -0.1) is 6.58 Å². The number of hydrogen-bond donors (Lipinski definition) is 4. The molecule has 0 aromatic heterocycles. The molecule has 1 saturated carbocycles. The molecule has 1 heterocycles. The van der Waals surface area contributed by atoms with Gasteiger partial charge in [0.25, 0.3) is 5.91 Å². The van der Waals surface area contributed by atoms with Crippen molar-refractivity contribution >= 4 is 35.3 Å².